The highest BCUT2D eigenvalue weighted by atomic mass is 15.3. The molecule has 1 aliphatic rings. The number of piperazine rings is 1. The molecule has 0 radical (unpaired) electrons. The summed E-state index contributed by atoms with van der Waals surface area (Å²) in [5.74, 6) is 1.43. The Morgan fingerprint density at radius 3 is 2.53 bits per heavy atom. The first-order valence-corrected chi connectivity index (χ1v) is 5.06. The van der Waals surface area contributed by atoms with Crippen molar-refractivity contribution in [3.8, 4) is 0 Å². The van der Waals surface area contributed by atoms with E-state index in [0.717, 1.165) is 32.0 Å². The molecule has 0 amide bonds. The smallest absolute Gasteiger partial charge is 0.341 e. The second-order valence-electron chi connectivity index (χ2n) is 3.59. The van der Waals surface area contributed by atoms with E-state index >= 15 is 0 Å². The van der Waals surface area contributed by atoms with Crippen molar-refractivity contribution in [3.05, 3.63) is 24.4 Å². The maximum absolute atomic E-state index is 5.54. The number of nitrogens with zero attached hydrogens (tertiary/aromatic N) is 3. The van der Waals surface area contributed by atoms with Crippen LogP contribution in [-0.4, -0.2) is 41.7 Å². The van der Waals surface area contributed by atoms with Gasteiger partial charge in [-0.25, -0.2) is 4.98 Å². The molecule has 80 valence electrons. The summed E-state index contributed by atoms with van der Waals surface area (Å²) in [7, 11) is 0. The molecule has 5 heteroatoms. The quantitative estimate of drug-likeness (QED) is 0.465. The first kappa shape index (κ1) is 9.76. The second kappa shape index (κ2) is 4.16. The fourth-order valence-electron chi connectivity index (χ4n) is 1.73. The summed E-state index contributed by atoms with van der Waals surface area (Å²) >= 11 is 0. The Bertz CT molecular complexity index is 345. The number of pyridine rings is 1. The molecule has 0 spiro atoms. The van der Waals surface area contributed by atoms with E-state index < -0.39 is 0 Å². The van der Waals surface area contributed by atoms with Crippen molar-refractivity contribution in [2.75, 3.05) is 31.1 Å². The number of guanidine groups is 1. The lowest BCUT2D eigenvalue weighted by molar-refractivity contribution is -0.531. The highest BCUT2D eigenvalue weighted by Gasteiger charge is 2.17. The SMILES string of the molecule is NC(N)=[N+]1CCN(c2ccccn2)CC1. The van der Waals surface area contributed by atoms with E-state index in [-0.39, 0.29) is 0 Å². The molecule has 2 rings (SSSR count). The van der Waals surface area contributed by atoms with Crippen molar-refractivity contribution >= 4 is 11.8 Å². The zero-order valence-electron chi connectivity index (χ0n) is 8.63. The van der Waals surface area contributed by atoms with Crippen LogP contribution in [-0.2, 0) is 0 Å². The van der Waals surface area contributed by atoms with Gasteiger partial charge >= 0.3 is 5.96 Å². The van der Waals surface area contributed by atoms with Gasteiger partial charge in [0.25, 0.3) is 0 Å². The van der Waals surface area contributed by atoms with Crippen LogP contribution in [0, 0.1) is 0 Å². The van der Waals surface area contributed by atoms with Crippen LogP contribution in [0.1, 0.15) is 0 Å². The Morgan fingerprint density at radius 1 is 1.27 bits per heavy atom. The third-order valence-electron chi connectivity index (χ3n) is 2.62. The molecule has 0 saturated carbocycles. The van der Waals surface area contributed by atoms with Crippen LogP contribution in [0.25, 0.3) is 0 Å². The number of hydrogen-bond acceptors (Lipinski definition) is 2. The minimum absolute atomic E-state index is 0.413. The van der Waals surface area contributed by atoms with Gasteiger partial charge in [0, 0.05) is 6.20 Å². The summed E-state index contributed by atoms with van der Waals surface area (Å²) in [6.07, 6.45) is 1.81. The van der Waals surface area contributed by atoms with E-state index in [1.165, 1.54) is 0 Å². The predicted octanol–water partition coefficient (Wildman–Crippen LogP) is -0.812. The van der Waals surface area contributed by atoms with Crippen LogP contribution in [0.4, 0.5) is 5.82 Å². The molecule has 0 unspecified atom stereocenters. The Balaban J connectivity index is 2.03. The predicted molar refractivity (Wildman–Crippen MR) is 59.8 cm³/mol. The zero-order valence-corrected chi connectivity index (χ0v) is 8.63. The molecule has 1 aliphatic heterocycles. The Hall–Kier alpha value is -1.78. The molecule has 1 fully saturated rings. The lowest BCUT2D eigenvalue weighted by Gasteiger charge is -2.28. The summed E-state index contributed by atoms with van der Waals surface area (Å²) in [6, 6.07) is 5.94. The molecule has 0 aliphatic carbocycles. The highest BCUT2D eigenvalue weighted by molar-refractivity contribution is 5.70. The summed E-state index contributed by atoms with van der Waals surface area (Å²) in [5, 5.41) is 0. The van der Waals surface area contributed by atoms with Crippen molar-refractivity contribution < 1.29 is 4.58 Å². The van der Waals surface area contributed by atoms with Crippen molar-refractivity contribution in [1.29, 1.82) is 0 Å². The Kier molecular flexibility index (Phi) is 2.71. The van der Waals surface area contributed by atoms with Gasteiger partial charge in [0.1, 0.15) is 5.82 Å². The van der Waals surface area contributed by atoms with Crippen molar-refractivity contribution in [3.63, 3.8) is 0 Å². The first-order chi connectivity index (χ1) is 7.27. The average molecular weight is 206 g/mol. The summed E-state index contributed by atoms with van der Waals surface area (Å²) < 4.78 is 1.99. The largest absolute Gasteiger partial charge is 0.350 e. The molecule has 15 heavy (non-hydrogen) atoms. The van der Waals surface area contributed by atoms with Gasteiger partial charge in [-0.15, -0.1) is 0 Å². The Labute approximate surface area is 89.0 Å². The van der Waals surface area contributed by atoms with E-state index in [4.69, 9.17) is 11.5 Å². The van der Waals surface area contributed by atoms with Crippen molar-refractivity contribution in [2.24, 2.45) is 11.5 Å². The van der Waals surface area contributed by atoms with Gasteiger partial charge in [-0.1, -0.05) is 6.07 Å². The van der Waals surface area contributed by atoms with Gasteiger partial charge in [-0.3, -0.25) is 16.0 Å². The van der Waals surface area contributed by atoms with E-state index in [9.17, 15) is 0 Å². The maximum Gasteiger partial charge on any atom is 0.341 e. The number of nitrogens with two attached hydrogens (primary N) is 2. The molecule has 1 saturated heterocycles. The summed E-state index contributed by atoms with van der Waals surface area (Å²) in [6.45, 7) is 3.54. The fraction of sp³-hybridized carbons (Fsp3) is 0.400. The molecule has 0 bridgehead atoms. The van der Waals surface area contributed by atoms with Crippen LogP contribution in [0.5, 0.6) is 0 Å². The minimum atomic E-state index is 0.413. The second-order valence-corrected chi connectivity index (χ2v) is 3.59. The van der Waals surface area contributed by atoms with Gasteiger partial charge in [0.15, 0.2) is 0 Å². The van der Waals surface area contributed by atoms with E-state index in [0.29, 0.717) is 5.96 Å². The van der Waals surface area contributed by atoms with Crippen LogP contribution < -0.4 is 16.4 Å². The molecule has 2 heterocycles. The average Bonchev–Trinajstić information content (AvgIpc) is 2.30. The normalized spacial score (nSPS) is 16.5. The minimum Gasteiger partial charge on any atom is -0.350 e. The maximum atomic E-state index is 5.54. The lowest BCUT2D eigenvalue weighted by Crippen LogP contribution is -2.48. The monoisotopic (exact) mass is 206 g/mol. The highest BCUT2D eigenvalue weighted by Crippen LogP contribution is 2.10. The van der Waals surface area contributed by atoms with Crippen molar-refractivity contribution in [1.82, 2.24) is 4.98 Å². The van der Waals surface area contributed by atoms with Gasteiger partial charge in [0.05, 0.1) is 26.2 Å². The molecule has 1 aromatic heterocycles. The van der Waals surface area contributed by atoms with Crippen LogP contribution in [0.3, 0.4) is 0 Å². The fourth-order valence-corrected chi connectivity index (χ4v) is 1.73. The van der Waals surface area contributed by atoms with Gasteiger partial charge < -0.3 is 4.90 Å². The van der Waals surface area contributed by atoms with Gasteiger partial charge in [-0.2, -0.15) is 0 Å². The molecule has 1 aromatic rings. The van der Waals surface area contributed by atoms with Crippen LogP contribution in [0.15, 0.2) is 24.4 Å². The third kappa shape index (κ3) is 2.18. The summed E-state index contributed by atoms with van der Waals surface area (Å²) in [5.41, 5.74) is 11.1. The van der Waals surface area contributed by atoms with Crippen LogP contribution in [0.2, 0.25) is 0 Å². The molecule has 4 N–H and O–H groups in total. The zero-order chi connectivity index (χ0) is 10.7. The van der Waals surface area contributed by atoms with Gasteiger partial charge in [-0.05, 0) is 12.1 Å². The van der Waals surface area contributed by atoms with E-state index in [1.54, 1.807) is 0 Å². The molecular formula is C10H16N5+. The third-order valence-corrected chi connectivity index (χ3v) is 2.62. The molecular weight excluding hydrogens is 190 g/mol. The number of aromatic nitrogens is 1. The van der Waals surface area contributed by atoms with Gasteiger partial charge in [0.2, 0.25) is 0 Å². The first-order valence-electron chi connectivity index (χ1n) is 5.06. The Morgan fingerprint density at radius 2 is 2.00 bits per heavy atom. The molecule has 0 aromatic carbocycles. The van der Waals surface area contributed by atoms with Crippen LogP contribution >= 0.6 is 0 Å². The van der Waals surface area contributed by atoms with E-state index in [2.05, 4.69) is 9.88 Å². The topological polar surface area (TPSA) is 71.2 Å². The number of rotatable bonds is 1. The lowest BCUT2D eigenvalue weighted by atomic mass is 10.3. The van der Waals surface area contributed by atoms with Crippen molar-refractivity contribution in [2.45, 2.75) is 0 Å². The molecule has 5 nitrogen and oxygen atoms in total. The van der Waals surface area contributed by atoms with E-state index in [1.807, 2.05) is 29.0 Å². The molecule has 0 atom stereocenters. The standard InChI is InChI=1S/C10H15N5/c11-10(12)15-7-5-14(6-8-15)9-3-1-2-4-13-9/h1-4H,5-8H2,(H3,11,12)/p+1. The summed E-state index contributed by atoms with van der Waals surface area (Å²) in [4.78, 5) is 6.55. The number of anilines is 1. The number of hydrogen-bond donors (Lipinski definition) is 2.